The van der Waals surface area contributed by atoms with Crippen molar-refractivity contribution < 1.29 is 4.79 Å². The van der Waals surface area contributed by atoms with Gasteiger partial charge in [0.15, 0.2) is 0 Å². The summed E-state index contributed by atoms with van der Waals surface area (Å²) in [6, 6.07) is 3.80. The molecule has 1 atom stereocenters. The van der Waals surface area contributed by atoms with Gasteiger partial charge < -0.3 is 10.6 Å². The lowest BCUT2D eigenvalue weighted by Gasteiger charge is -2.14. The summed E-state index contributed by atoms with van der Waals surface area (Å²) in [5, 5.41) is 9.71. The lowest BCUT2D eigenvalue weighted by atomic mass is 10.1. The Hall–Kier alpha value is -1.88. The van der Waals surface area contributed by atoms with Crippen LogP contribution in [0.25, 0.3) is 0 Å². The Morgan fingerprint density at radius 3 is 2.95 bits per heavy atom. The predicted octanol–water partition coefficient (Wildman–Crippen LogP) is 3.20. The van der Waals surface area contributed by atoms with E-state index in [1.54, 1.807) is 17.5 Å². The zero-order chi connectivity index (χ0) is 13.7. The molecule has 0 aliphatic carbocycles. The SMILES string of the molecule is Cc1cscc1NC(=O)NC(C)Cc1cccnc1. The molecule has 5 heteroatoms. The van der Waals surface area contributed by atoms with Gasteiger partial charge in [-0.25, -0.2) is 4.79 Å². The minimum Gasteiger partial charge on any atom is -0.335 e. The summed E-state index contributed by atoms with van der Waals surface area (Å²) >= 11 is 1.58. The van der Waals surface area contributed by atoms with E-state index >= 15 is 0 Å². The maximum Gasteiger partial charge on any atom is 0.319 e. The largest absolute Gasteiger partial charge is 0.335 e. The van der Waals surface area contributed by atoms with Gasteiger partial charge in [-0.2, -0.15) is 0 Å². The van der Waals surface area contributed by atoms with Gasteiger partial charge in [0.25, 0.3) is 0 Å². The van der Waals surface area contributed by atoms with Crippen LogP contribution in [-0.4, -0.2) is 17.1 Å². The fraction of sp³-hybridized carbons (Fsp3) is 0.286. The van der Waals surface area contributed by atoms with Crippen LogP contribution < -0.4 is 10.6 Å². The van der Waals surface area contributed by atoms with Gasteiger partial charge in [0, 0.05) is 23.8 Å². The molecule has 19 heavy (non-hydrogen) atoms. The maximum absolute atomic E-state index is 11.8. The number of carbonyl (C=O) groups excluding carboxylic acids is 1. The van der Waals surface area contributed by atoms with Gasteiger partial charge in [0.2, 0.25) is 0 Å². The van der Waals surface area contributed by atoms with Gasteiger partial charge in [-0.3, -0.25) is 4.98 Å². The predicted molar refractivity (Wildman–Crippen MR) is 78.6 cm³/mol. The van der Waals surface area contributed by atoms with Crippen molar-refractivity contribution in [2.75, 3.05) is 5.32 Å². The average Bonchev–Trinajstić information content (AvgIpc) is 2.76. The molecule has 1 unspecified atom stereocenters. The number of anilines is 1. The Bertz CT molecular complexity index is 539. The van der Waals surface area contributed by atoms with Crippen molar-refractivity contribution in [2.45, 2.75) is 26.3 Å². The minimum absolute atomic E-state index is 0.0585. The third-order valence-electron chi connectivity index (χ3n) is 2.75. The summed E-state index contributed by atoms with van der Waals surface area (Å²) in [7, 11) is 0. The summed E-state index contributed by atoms with van der Waals surface area (Å²) in [6.07, 6.45) is 4.33. The second-order valence-electron chi connectivity index (χ2n) is 4.53. The molecule has 2 rings (SSSR count). The van der Waals surface area contributed by atoms with Gasteiger partial charge in [0.1, 0.15) is 0 Å². The molecule has 0 aliphatic rings. The van der Waals surface area contributed by atoms with Crippen molar-refractivity contribution in [3.8, 4) is 0 Å². The first kappa shape index (κ1) is 13.5. The van der Waals surface area contributed by atoms with Crippen LogP contribution in [-0.2, 0) is 6.42 Å². The van der Waals surface area contributed by atoms with Crippen LogP contribution in [0.5, 0.6) is 0 Å². The van der Waals surface area contributed by atoms with Gasteiger partial charge in [0.05, 0.1) is 5.69 Å². The summed E-state index contributed by atoms with van der Waals surface area (Å²) in [4.78, 5) is 15.9. The number of rotatable bonds is 4. The molecule has 2 aromatic heterocycles. The zero-order valence-electron chi connectivity index (χ0n) is 11.0. The van der Waals surface area contributed by atoms with Crippen molar-refractivity contribution in [3.63, 3.8) is 0 Å². The highest BCUT2D eigenvalue weighted by Gasteiger charge is 2.09. The first-order valence-corrected chi connectivity index (χ1v) is 7.08. The molecule has 0 aliphatic heterocycles. The molecule has 4 nitrogen and oxygen atoms in total. The number of amides is 2. The molecular weight excluding hydrogens is 258 g/mol. The fourth-order valence-electron chi connectivity index (χ4n) is 1.79. The number of aryl methyl sites for hydroxylation is 1. The van der Waals surface area contributed by atoms with Crippen LogP contribution >= 0.6 is 11.3 Å². The molecule has 0 spiro atoms. The first-order valence-electron chi connectivity index (χ1n) is 6.14. The van der Waals surface area contributed by atoms with E-state index in [0.29, 0.717) is 0 Å². The summed E-state index contributed by atoms with van der Waals surface area (Å²) < 4.78 is 0. The number of hydrogen-bond acceptors (Lipinski definition) is 3. The highest BCUT2D eigenvalue weighted by atomic mass is 32.1. The highest BCUT2D eigenvalue weighted by molar-refractivity contribution is 7.08. The molecule has 100 valence electrons. The van der Waals surface area contributed by atoms with Crippen molar-refractivity contribution in [1.82, 2.24) is 10.3 Å². The van der Waals surface area contributed by atoms with E-state index in [1.165, 1.54) is 0 Å². The Labute approximate surface area is 116 Å². The lowest BCUT2D eigenvalue weighted by Crippen LogP contribution is -2.37. The molecule has 2 N–H and O–H groups in total. The molecule has 2 heterocycles. The first-order chi connectivity index (χ1) is 9.15. The van der Waals surface area contributed by atoms with E-state index in [4.69, 9.17) is 0 Å². The van der Waals surface area contributed by atoms with Crippen LogP contribution in [0, 0.1) is 6.92 Å². The van der Waals surface area contributed by atoms with Crippen LogP contribution in [0.2, 0.25) is 0 Å². The smallest absolute Gasteiger partial charge is 0.319 e. The second-order valence-corrected chi connectivity index (χ2v) is 5.28. The molecule has 2 amide bonds. The normalized spacial score (nSPS) is 11.9. The zero-order valence-corrected chi connectivity index (χ0v) is 11.8. The average molecular weight is 275 g/mol. The minimum atomic E-state index is -0.169. The van der Waals surface area contributed by atoms with Crippen molar-refractivity contribution in [1.29, 1.82) is 0 Å². The second kappa shape index (κ2) is 6.33. The van der Waals surface area contributed by atoms with Crippen molar-refractivity contribution in [3.05, 3.63) is 46.4 Å². The molecule has 0 saturated heterocycles. The number of aromatic nitrogens is 1. The van der Waals surface area contributed by atoms with Gasteiger partial charge in [-0.05, 0) is 42.8 Å². The van der Waals surface area contributed by atoms with Gasteiger partial charge in [-0.1, -0.05) is 6.07 Å². The number of thiophene rings is 1. The van der Waals surface area contributed by atoms with E-state index in [9.17, 15) is 4.79 Å². The third kappa shape index (κ3) is 4.06. The topological polar surface area (TPSA) is 54.0 Å². The Kier molecular flexibility index (Phi) is 4.52. The Balaban J connectivity index is 1.84. The van der Waals surface area contributed by atoms with E-state index in [2.05, 4.69) is 15.6 Å². The fourth-order valence-corrected chi connectivity index (χ4v) is 2.57. The number of nitrogens with zero attached hydrogens (tertiary/aromatic N) is 1. The van der Waals surface area contributed by atoms with E-state index in [-0.39, 0.29) is 12.1 Å². The highest BCUT2D eigenvalue weighted by Crippen LogP contribution is 2.19. The summed E-state index contributed by atoms with van der Waals surface area (Å²) in [5.41, 5.74) is 3.07. The Morgan fingerprint density at radius 1 is 1.47 bits per heavy atom. The quantitative estimate of drug-likeness (QED) is 0.900. The molecule has 0 radical (unpaired) electrons. The van der Waals surface area contributed by atoms with E-state index < -0.39 is 0 Å². The number of pyridine rings is 1. The molecule has 2 aromatic rings. The van der Waals surface area contributed by atoms with Crippen molar-refractivity contribution in [2.24, 2.45) is 0 Å². The Morgan fingerprint density at radius 2 is 2.32 bits per heavy atom. The summed E-state index contributed by atoms with van der Waals surface area (Å²) in [6.45, 7) is 3.96. The number of nitrogens with one attached hydrogen (secondary N) is 2. The van der Waals surface area contributed by atoms with Crippen LogP contribution in [0.15, 0.2) is 35.3 Å². The molecule has 0 fully saturated rings. The summed E-state index contributed by atoms with van der Waals surface area (Å²) in [5.74, 6) is 0. The number of urea groups is 1. The lowest BCUT2D eigenvalue weighted by molar-refractivity contribution is 0.249. The maximum atomic E-state index is 11.8. The van der Waals surface area contributed by atoms with Crippen molar-refractivity contribution >= 4 is 23.1 Å². The molecule has 0 aromatic carbocycles. The van der Waals surface area contributed by atoms with Crippen LogP contribution in [0.4, 0.5) is 10.5 Å². The van der Waals surface area contributed by atoms with Gasteiger partial charge in [-0.15, -0.1) is 11.3 Å². The number of carbonyl (C=O) groups is 1. The van der Waals surface area contributed by atoms with E-state index in [0.717, 1.165) is 23.2 Å². The van der Waals surface area contributed by atoms with Crippen LogP contribution in [0.3, 0.4) is 0 Å². The molecule has 0 bridgehead atoms. The third-order valence-corrected chi connectivity index (χ3v) is 3.61. The van der Waals surface area contributed by atoms with Crippen LogP contribution in [0.1, 0.15) is 18.1 Å². The monoisotopic (exact) mass is 275 g/mol. The van der Waals surface area contributed by atoms with E-state index in [1.807, 2.05) is 42.9 Å². The van der Waals surface area contributed by atoms with Gasteiger partial charge >= 0.3 is 6.03 Å². The standard InChI is InChI=1S/C14H17N3OS/c1-10-8-19-9-13(10)17-14(18)16-11(2)6-12-4-3-5-15-7-12/h3-5,7-9,11H,6H2,1-2H3,(H2,16,17,18). The molecular formula is C14H17N3OS. The number of hydrogen-bond donors (Lipinski definition) is 2. The molecule has 0 saturated carbocycles.